The van der Waals surface area contributed by atoms with Crippen LogP contribution in [-0.2, 0) is 4.79 Å². The fourth-order valence-corrected chi connectivity index (χ4v) is 2.10. The smallest absolute Gasteiger partial charge is 0.317 e. The van der Waals surface area contributed by atoms with Crippen LogP contribution in [0.1, 0.15) is 46.5 Å². The van der Waals surface area contributed by atoms with Crippen LogP contribution in [0.15, 0.2) is 0 Å². The van der Waals surface area contributed by atoms with Crippen molar-refractivity contribution in [2.75, 3.05) is 13.6 Å². The van der Waals surface area contributed by atoms with E-state index < -0.39 is 0 Å². The van der Waals surface area contributed by atoms with E-state index >= 15 is 0 Å². The standard InChI is InChI=1S/C13H25N3O2/c1-13(2,3)15-11(17)9-16(4)12(18)14-10-7-5-6-8-10/h10H,5-9H2,1-4H3,(H,14,18)(H,15,17). The van der Waals surface area contributed by atoms with E-state index in [0.717, 1.165) is 12.8 Å². The molecule has 0 aromatic heterocycles. The van der Waals surface area contributed by atoms with E-state index in [4.69, 9.17) is 0 Å². The molecule has 0 unspecified atom stereocenters. The lowest BCUT2D eigenvalue weighted by Crippen LogP contribution is -2.49. The van der Waals surface area contributed by atoms with Gasteiger partial charge in [0.25, 0.3) is 0 Å². The summed E-state index contributed by atoms with van der Waals surface area (Å²) in [6.45, 7) is 5.85. The average molecular weight is 255 g/mol. The van der Waals surface area contributed by atoms with E-state index in [0.29, 0.717) is 0 Å². The highest BCUT2D eigenvalue weighted by Gasteiger charge is 2.21. The molecule has 5 heteroatoms. The second-order valence-corrected chi connectivity index (χ2v) is 6.09. The van der Waals surface area contributed by atoms with Crippen LogP contribution in [-0.4, -0.2) is 42.0 Å². The Morgan fingerprint density at radius 3 is 2.28 bits per heavy atom. The SMILES string of the molecule is CN(CC(=O)NC(C)(C)C)C(=O)NC1CCCC1. The number of carbonyl (C=O) groups is 2. The molecule has 1 aliphatic carbocycles. The van der Waals surface area contributed by atoms with Gasteiger partial charge in [-0.2, -0.15) is 0 Å². The Morgan fingerprint density at radius 1 is 1.22 bits per heavy atom. The van der Waals surface area contributed by atoms with Crippen LogP contribution in [0, 0.1) is 0 Å². The van der Waals surface area contributed by atoms with Crippen molar-refractivity contribution in [1.82, 2.24) is 15.5 Å². The molecule has 0 heterocycles. The Kier molecular flexibility index (Phi) is 4.99. The van der Waals surface area contributed by atoms with Crippen LogP contribution in [0.4, 0.5) is 4.79 Å². The molecule has 2 N–H and O–H groups in total. The molecule has 0 spiro atoms. The predicted octanol–water partition coefficient (Wildman–Crippen LogP) is 1.49. The zero-order valence-corrected chi connectivity index (χ0v) is 11.9. The van der Waals surface area contributed by atoms with Crippen molar-refractivity contribution in [1.29, 1.82) is 0 Å². The second kappa shape index (κ2) is 6.07. The van der Waals surface area contributed by atoms with Crippen molar-refractivity contribution >= 4 is 11.9 Å². The number of urea groups is 1. The van der Waals surface area contributed by atoms with Crippen molar-refractivity contribution in [3.63, 3.8) is 0 Å². The largest absolute Gasteiger partial charge is 0.350 e. The van der Waals surface area contributed by atoms with Crippen molar-refractivity contribution in [2.24, 2.45) is 0 Å². The number of amides is 3. The van der Waals surface area contributed by atoms with Crippen molar-refractivity contribution in [3.8, 4) is 0 Å². The summed E-state index contributed by atoms with van der Waals surface area (Å²) in [4.78, 5) is 24.9. The first-order valence-corrected chi connectivity index (χ1v) is 6.60. The lowest BCUT2D eigenvalue weighted by Gasteiger charge is -2.24. The maximum Gasteiger partial charge on any atom is 0.317 e. The van der Waals surface area contributed by atoms with Gasteiger partial charge in [-0.3, -0.25) is 4.79 Å². The van der Waals surface area contributed by atoms with E-state index in [2.05, 4.69) is 10.6 Å². The molecule has 0 aliphatic heterocycles. The van der Waals surface area contributed by atoms with Crippen LogP contribution >= 0.6 is 0 Å². The maximum absolute atomic E-state index is 11.8. The van der Waals surface area contributed by atoms with E-state index in [1.807, 2.05) is 20.8 Å². The van der Waals surface area contributed by atoms with Gasteiger partial charge in [0.1, 0.15) is 6.54 Å². The van der Waals surface area contributed by atoms with Crippen LogP contribution in [0.25, 0.3) is 0 Å². The third-order valence-electron chi connectivity index (χ3n) is 2.92. The summed E-state index contributed by atoms with van der Waals surface area (Å²) in [5.41, 5.74) is -0.264. The zero-order valence-electron chi connectivity index (χ0n) is 11.9. The Bertz CT molecular complexity index is 304. The van der Waals surface area contributed by atoms with Gasteiger partial charge in [-0.1, -0.05) is 12.8 Å². The fraction of sp³-hybridized carbons (Fsp3) is 0.846. The molecule has 1 aliphatic rings. The quantitative estimate of drug-likeness (QED) is 0.802. The minimum absolute atomic E-state index is 0.0931. The minimum atomic E-state index is -0.264. The first kappa shape index (κ1) is 14.8. The van der Waals surface area contributed by atoms with Gasteiger partial charge in [0.05, 0.1) is 0 Å². The Balaban J connectivity index is 2.32. The zero-order chi connectivity index (χ0) is 13.8. The summed E-state index contributed by atoms with van der Waals surface area (Å²) < 4.78 is 0. The third kappa shape index (κ3) is 5.38. The number of hydrogen-bond donors (Lipinski definition) is 2. The van der Waals surface area contributed by atoms with Crippen LogP contribution in [0.3, 0.4) is 0 Å². The van der Waals surface area contributed by atoms with Crippen LogP contribution in [0.5, 0.6) is 0 Å². The molecule has 3 amide bonds. The van der Waals surface area contributed by atoms with Gasteiger partial charge in [0.2, 0.25) is 5.91 Å². The second-order valence-electron chi connectivity index (χ2n) is 6.09. The number of rotatable bonds is 3. The number of nitrogens with zero attached hydrogens (tertiary/aromatic N) is 1. The van der Waals surface area contributed by atoms with E-state index in [-0.39, 0.29) is 30.1 Å². The normalized spacial score (nSPS) is 16.4. The van der Waals surface area contributed by atoms with E-state index in [1.165, 1.54) is 17.7 Å². The molecule has 104 valence electrons. The number of hydrogen-bond acceptors (Lipinski definition) is 2. The van der Waals surface area contributed by atoms with Gasteiger partial charge in [-0.05, 0) is 33.6 Å². The van der Waals surface area contributed by atoms with Gasteiger partial charge in [0, 0.05) is 18.6 Å². The highest BCUT2D eigenvalue weighted by atomic mass is 16.2. The van der Waals surface area contributed by atoms with Crippen molar-refractivity contribution < 1.29 is 9.59 Å². The monoisotopic (exact) mass is 255 g/mol. The van der Waals surface area contributed by atoms with Crippen LogP contribution < -0.4 is 10.6 Å². The van der Waals surface area contributed by atoms with Crippen molar-refractivity contribution in [2.45, 2.75) is 58.0 Å². The van der Waals surface area contributed by atoms with Gasteiger partial charge < -0.3 is 15.5 Å². The molecular weight excluding hydrogens is 230 g/mol. The molecule has 0 bridgehead atoms. The highest BCUT2D eigenvalue weighted by molar-refractivity contribution is 5.84. The maximum atomic E-state index is 11.8. The van der Waals surface area contributed by atoms with Gasteiger partial charge in [0.15, 0.2) is 0 Å². The molecule has 0 aromatic carbocycles. The van der Waals surface area contributed by atoms with Crippen molar-refractivity contribution in [3.05, 3.63) is 0 Å². The Hall–Kier alpha value is -1.26. The van der Waals surface area contributed by atoms with E-state index in [1.54, 1.807) is 7.05 Å². The number of nitrogens with one attached hydrogen (secondary N) is 2. The molecule has 0 atom stereocenters. The summed E-state index contributed by atoms with van der Waals surface area (Å²) >= 11 is 0. The predicted molar refractivity (Wildman–Crippen MR) is 71.3 cm³/mol. The molecule has 5 nitrogen and oxygen atoms in total. The Morgan fingerprint density at radius 2 is 1.78 bits per heavy atom. The molecule has 1 saturated carbocycles. The summed E-state index contributed by atoms with van der Waals surface area (Å²) in [6.07, 6.45) is 4.46. The molecular formula is C13H25N3O2. The van der Waals surface area contributed by atoms with Gasteiger partial charge >= 0.3 is 6.03 Å². The average Bonchev–Trinajstić information content (AvgIpc) is 2.66. The minimum Gasteiger partial charge on any atom is -0.350 e. The first-order chi connectivity index (χ1) is 8.28. The molecule has 1 rings (SSSR count). The fourth-order valence-electron chi connectivity index (χ4n) is 2.10. The van der Waals surface area contributed by atoms with Crippen LogP contribution in [0.2, 0.25) is 0 Å². The molecule has 18 heavy (non-hydrogen) atoms. The third-order valence-corrected chi connectivity index (χ3v) is 2.92. The lowest BCUT2D eigenvalue weighted by atomic mass is 10.1. The summed E-state index contributed by atoms with van der Waals surface area (Å²) in [6, 6.07) is 0.122. The molecule has 1 fully saturated rings. The summed E-state index contributed by atoms with van der Waals surface area (Å²) in [5.74, 6) is -0.133. The number of carbonyl (C=O) groups excluding carboxylic acids is 2. The Labute approximate surface area is 109 Å². The number of likely N-dealkylation sites (N-methyl/N-ethyl adjacent to an activating group) is 1. The lowest BCUT2D eigenvalue weighted by molar-refractivity contribution is -0.122. The van der Waals surface area contributed by atoms with Gasteiger partial charge in [-0.15, -0.1) is 0 Å². The topological polar surface area (TPSA) is 61.4 Å². The summed E-state index contributed by atoms with van der Waals surface area (Å²) in [7, 11) is 1.65. The molecule has 0 aromatic rings. The molecule has 0 radical (unpaired) electrons. The summed E-state index contributed by atoms with van der Waals surface area (Å²) in [5, 5.41) is 5.79. The van der Waals surface area contributed by atoms with E-state index in [9.17, 15) is 9.59 Å². The first-order valence-electron chi connectivity index (χ1n) is 6.60. The molecule has 0 saturated heterocycles. The highest BCUT2D eigenvalue weighted by Crippen LogP contribution is 2.17. The van der Waals surface area contributed by atoms with Gasteiger partial charge in [-0.25, -0.2) is 4.79 Å².